The van der Waals surface area contributed by atoms with E-state index in [2.05, 4.69) is 10.9 Å². The number of anilines is 1. The highest BCUT2D eigenvalue weighted by Gasteiger charge is 2.12. The molecular weight excluding hydrogens is 256 g/mol. The lowest BCUT2D eigenvalue weighted by Gasteiger charge is -2.12. The van der Waals surface area contributed by atoms with E-state index in [0.717, 1.165) is 12.1 Å². The van der Waals surface area contributed by atoms with Crippen molar-refractivity contribution in [1.29, 1.82) is 0 Å². The molecule has 0 fully saturated rings. The molecule has 7 heteroatoms. The minimum absolute atomic E-state index is 0.0442. The van der Waals surface area contributed by atoms with E-state index < -0.39 is 23.4 Å². The van der Waals surface area contributed by atoms with Crippen LogP contribution in [0, 0.1) is 17.6 Å². The summed E-state index contributed by atoms with van der Waals surface area (Å²) in [6.07, 6.45) is 0.164. The molecule has 0 aliphatic heterocycles. The van der Waals surface area contributed by atoms with Crippen molar-refractivity contribution in [3.05, 3.63) is 29.8 Å². The fourth-order valence-electron chi connectivity index (χ4n) is 1.51. The van der Waals surface area contributed by atoms with Gasteiger partial charge in [-0.1, -0.05) is 6.92 Å². The number of nitrogens with one attached hydrogen (secondary N) is 2. The second kappa shape index (κ2) is 6.67. The van der Waals surface area contributed by atoms with Crippen molar-refractivity contribution in [2.45, 2.75) is 19.8 Å². The minimum atomic E-state index is -0.814. The molecule has 0 aromatic heterocycles. The first-order valence-electron chi connectivity index (χ1n) is 5.66. The van der Waals surface area contributed by atoms with Crippen molar-refractivity contribution in [3.8, 4) is 0 Å². The minimum Gasteiger partial charge on any atom is -0.370 e. The molecule has 104 valence electrons. The Bertz CT molecular complexity index is 480. The van der Waals surface area contributed by atoms with Gasteiger partial charge in [0, 0.05) is 18.9 Å². The standard InChI is InChI=1S/C12H15F2N3O2/c1-7(4-11(15)18)5-12(19)17-16-10-3-2-8(13)6-9(10)14/h2-3,6-7,16H,4-5H2,1H3,(H2,15,18)(H,17,19)/t7-/m1/s1. The van der Waals surface area contributed by atoms with Crippen molar-refractivity contribution in [3.63, 3.8) is 0 Å². The molecule has 2 amide bonds. The highest BCUT2D eigenvalue weighted by molar-refractivity contribution is 5.79. The van der Waals surface area contributed by atoms with Crippen molar-refractivity contribution in [2.24, 2.45) is 11.7 Å². The second-order valence-electron chi connectivity index (χ2n) is 4.28. The van der Waals surface area contributed by atoms with Crippen LogP contribution in [0.1, 0.15) is 19.8 Å². The van der Waals surface area contributed by atoms with E-state index in [9.17, 15) is 18.4 Å². The summed E-state index contributed by atoms with van der Waals surface area (Å²) in [7, 11) is 0. The molecule has 0 unspecified atom stereocenters. The number of hydrazine groups is 1. The number of carbonyl (C=O) groups excluding carboxylic acids is 2. The van der Waals surface area contributed by atoms with Gasteiger partial charge in [0.15, 0.2) is 5.82 Å². The molecule has 1 atom stereocenters. The van der Waals surface area contributed by atoms with Gasteiger partial charge in [0.25, 0.3) is 0 Å². The SMILES string of the molecule is C[C@H](CC(N)=O)CC(=O)NNc1ccc(F)cc1F. The smallest absolute Gasteiger partial charge is 0.238 e. The maximum atomic E-state index is 13.2. The lowest BCUT2D eigenvalue weighted by molar-refractivity contribution is -0.122. The molecule has 1 aromatic carbocycles. The molecule has 1 rings (SSSR count). The monoisotopic (exact) mass is 271 g/mol. The number of nitrogens with two attached hydrogens (primary N) is 1. The summed E-state index contributed by atoms with van der Waals surface area (Å²) in [5, 5.41) is 0. The molecule has 0 bridgehead atoms. The Hall–Kier alpha value is -2.18. The van der Waals surface area contributed by atoms with Crippen LogP contribution < -0.4 is 16.6 Å². The second-order valence-corrected chi connectivity index (χ2v) is 4.28. The average molecular weight is 271 g/mol. The number of primary amides is 1. The fraction of sp³-hybridized carbons (Fsp3) is 0.333. The Labute approximate surface area is 109 Å². The summed E-state index contributed by atoms with van der Waals surface area (Å²) >= 11 is 0. The van der Waals surface area contributed by atoms with Crippen LogP contribution in [0.2, 0.25) is 0 Å². The Kier molecular flexibility index (Phi) is 5.23. The summed E-state index contributed by atoms with van der Waals surface area (Å²) in [5.74, 6) is -2.64. The lowest BCUT2D eigenvalue weighted by Crippen LogP contribution is -2.31. The van der Waals surface area contributed by atoms with Gasteiger partial charge in [-0.2, -0.15) is 0 Å². The van der Waals surface area contributed by atoms with Crippen molar-refractivity contribution >= 4 is 17.5 Å². The van der Waals surface area contributed by atoms with E-state index in [1.54, 1.807) is 6.92 Å². The van der Waals surface area contributed by atoms with Gasteiger partial charge >= 0.3 is 0 Å². The Morgan fingerprint density at radius 1 is 1.32 bits per heavy atom. The van der Waals surface area contributed by atoms with Gasteiger partial charge in [-0.3, -0.25) is 20.4 Å². The van der Waals surface area contributed by atoms with Crippen LogP contribution >= 0.6 is 0 Å². The zero-order valence-electron chi connectivity index (χ0n) is 10.4. The van der Waals surface area contributed by atoms with E-state index in [1.807, 2.05) is 0 Å². The summed E-state index contributed by atoms with van der Waals surface area (Å²) < 4.78 is 25.9. The molecule has 0 spiro atoms. The first kappa shape index (κ1) is 14.9. The number of amides is 2. The number of carbonyl (C=O) groups is 2. The van der Waals surface area contributed by atoms with Gasteiger partial charge in [-0.15, -0.1) is 0 Å². The Morgan fingerprint density at radius 2 is 2.00 bits per heavy atom. The molecular formula is C12H15F2N3O2. The maximum absolute atomic E-state index is 13.2. The highest BCUT2D eigenvalue weighted by atomic mass is 19.1. The average Bonchev–Trinajstić information content (AvgIpc) is 2.26. The van der Waals surface area contributed by atoms with E-state index in [0.29, 0.717) is 6.07 Å². The van der Waals surface area contributed by atoms with Crippen LogP contribution in [0.3, 0.4) is 0 Å². The van der Waals surface area contributed by atoms with Gasteiger partial charge in [0.05, 0.1) is 5.69 Å². The maximum Gasteiger partial charge on any atom is 0.238 e. The number of benzene rings is 1. The predicted molar refractivity (Wildman–Crippen MR) is 65.7 cm³/mol. The number of hydrogen-bond donors (Lipinski definition) is 3. The predicted octanol–water partition coefficient (Wildman–Crippen LogP) is 1.31. The topological polar surface area (TPSA) is 84.2 Å². The molecule has 19 heavy (non-hydrogen) atoms. The third-order valence-corrected chi connectivity index (χ3v) is 2.35. The van der Waals surface area contributed by atoms with Gasteiger partial charge in [0.2, 0.25) is 11.8 Å². The lowest BCUT2D eigenvalue weighted by atomic mass is 10.0. The van der Waals surface area contributed by atoms with Crippen LogP contribution in [-0.4, -0.2) is 11.8 Å². The number of rotatable bonds is 6. The molecule has 4 N–H and O–H groups in total. The van der Waals surface area contributed by atoms with Gasteiger partial charge in [-0.05, 0) is 18.1 Å². The quantitative estimate of drug-likeness (QED) is 0.682. The van der Waals surface area contributed by atoms with Crippen molar-refractivity contribution in [2.75, 3.05) is 5.43 Å². The number of halogens is 2. The zero-order chi connectivity index (χ0) is 14.4. The summed E-state index contributed by atoms with van der Waals surface area (Å²) in [5.41, 5.74) is 9.55. The molecule has 0 aliphatic carbocycles. The van der Waals surface area contributed by atoms with E-state index in [4.69, 9.17) is 5.73 Å². The third-order valence-electron chi connectivity index (χ3n) is 2.35. The fourth-order valence-corrected chi connectivity index (χ4v) is 1.51. The normalized spacial score (nSPS) is 11.7. The number of hydrogen-bond acceptors (Lipinski definition) is 3. The Morgan fingerprint density at radius 3 is 2.58 bits per heavy atom. The van der Waals surface area contributed by atoms with Gasteiger partial charge in [-0.25, -0.2) is 8.78 Å². The molecule has 1 aromatic rings. The largest absolute Gasteiger partial charge is 0.370 e. The first-order chi connectivity index (χ1) is 8.88. The van der Waals surface area contributed by atoms with Crippen molar-refractivity contribution < 1.29 is 18.4 Å². The molecule has 0 aliphatic rings. The zero-order valence-corrected chi connectivity index (χ0v) is 10.4. The molecule has 0 saturated heterocycles. The third kappa shape index (κ3) is 5.33. The van der Waals surface area contributed by atoms with Crippen LogP contribution in [0.25, 0.3) is 0 Å². The summed E-state index contributed by atoms with van der Waals surface area (Å²) in [4.78, 5) is 22.1. The summed E-state index contributed by atoms with van der Waals surface area (Å²) in [6, 6.07) is 2.93. The highest BCUT2D eigenvalue weighted by Crippen LogP contribution is 2.14. The van der Waals surface area contributed by atoms with Crippen LogP contribution in [0.15, 0.2) is 18.2 Å². The van der Waals surface area contributed by atoms with E-state index in [1.165, 1.54) is 0 Å². The summed E-state index contributed by atoms with van der Waals surface area (Å²) in [6.45, 7) is 1.70. The molecule has 0 saturated carbocycles. The molecule has 0 heterocycles. The van der Waals surface area contributed by atoms with E-state index in [-0.39, 0.29) is 24.4 Å². The van der Waals surface area contributed by atoms with Crippen LogP contribution in [0.4, 0.5) is 14.5 Å². The molecule has 5 nitrogen and oxygen atoms in total. The van der Waals surface area contributed by atoms with Crippen molar-refractivity contribution in [1.82, 2.24) is 5.43 Å². The first-order valence-corrected chi connectivity index (χ1v) is 5.66. The van der Waals surface area contributed by atoms with Gasteiger partial charge in [0.1, 0.15) is 5.82 Å². The molecule has 0 radical (unpaired) electrons. The Balaban J connectivity index is 2.43. The van der Waals surface area contributed by atoms with Crippen LogP contribution in [-0.2, 0) is 9.59 Å². The van der Waals surface area contributed by atoms with E-state index >= 15 is 0 Å². The van der Waals surface area contributed by atoms with Gasteiger partial charge < -0.3 is 5.73 Å². The van der Waals surface area contributed by atoms with Crippen LogP contribution in [0.5, 0.6) is 0 Å².